The van der Waals surface area contributed by atoms with E-state index in [2.05, 4.69) is 32.6 Å². The standard InChI is InChI=1S/C24H21BrN4O3S/c1-3-28-17-26-24(27-28)16-29(33(30,31)23-14-9-19(25)15-18(23)2)20-10-12-22(13-11-20)32-21-7-5-4-6-8-21/h3-15,17H,1,16H2,2H3. The summed E-state index contributed by atoms with van der Waals surface area (Å²) >= 11 is 3.39. The highest BCUT2D eigenvalue weighted by atomic mass is 79.9. The third kappa shape index (κ3) is 5.15. The number of ether oxygens (including phenoxy) is 1. The molecule has 0 N–H and O–H groups in total. The van der Waals surface area contributed by atoms with Gasteiger partial charge in [0.05, 0.1) is 17.1 Å². The van der Waals surface area contributed by atoms with Crippen molar-refractivity contribution in [2.45, 2.75) is 18.4 Å². The van der Waals surface area contributed by atoms with Gasteiger partial charge in [-0.1, -0.05) is 40.7 Å². The molecule has 1 heterocycles. The molecule has 1 aromatic heterocycles. The van der Waals surface area contributed by atoms with Crippen molar-refractivity contribution in [2.24, 2.45) is 0 Å². The summed E-state index contributed by atoms with van der Waals surface area (Å²) < 4.78 is 36.8. The molecule has 0 aliphatic rings. The lowest BCUT2D eigenvalue weighted by Crippen LogP contribution is -2.31. The van der Waals surface area contributed by atoms with Gasteiger partial charge in [0.2, 0.25) is 0 Å². The normalized spacial score (nSPS) is 11.2. The average Bonchev–Trinajstić information content (AvgIpc) is 3.26. The van der Waals surface area contributed by atoms with Gasteiger partial charge in [0.15, 0.2) is 5.82 Å². The molecule has 3 aromatic carbocycles. The van der Waals surface area contributed by atoms with E-state index in [9.17, 15) is 8.42 Å². The highest BCUT2D eigenvalue weighted by Gasteiger charge is 2.28. The van der Waals surface area contributed by atoms with E-state index in [4.69, 9.17) is 4.74 Å². The van der Waals surface area contributed by atoms with Gasteiger partial charge in [0.25, 0.3) is 10.0 Å². The summed E-state index contributed by atoms with van der Waals surface area (Å²) in [7, 11) is -3.91. The molecule has 0 atom stereocenters. The topological polar surface area (TPSA) is 77.3 Å². The molecule has 0 saturated heterocycles. The molecule has 0 spiro atoms. The Hall–Kier alpha value is -3.43. The minimum absolute atomic E-state index is 0.0441. The molecule has 4 aromatic rings. The summed E-state index contributed by atoms with van der Waals surface area (Å²) in [5, 5.41) is 4.26. The third-order valence-electron chi connectivity index (χ3n) is 4.84. The molecule has 0 fully saturated rings. The van der Waals surface area contributed by atoms with Crippen molar-refractivity contribution >= 4 is 37.8 Å². The van der Waals surface area contributed by atoms with E-state index in [-0.39, 0.29) is 11.4 Å². The third-order valence-corrected chi connectivity index (χ3v) is 7.26. The van der Waals surface area contributed by atoms with E-state index in [0.29, 0.717) is 28.6 Å². The highest BCUT2D eigenvalue weighted by molar-refractivity contribution is 9.10. The van der Waals surface area contributed by atoms with Crippen molar-refractivity contribution in [3.8, 4) is 11.5 Å². The molecule has 0 unspecified atom stereocenters. The number of hydrogen-bond acceptors (Lipinski definition) is 5. The second-order valence-electron chi connectivity index (χ2n) is 7.15. The molecule has 9 heteroatoms. The van der Waals surface area contributed by atoms with Crippen LogP contribution in [-0.2, 0) is 16.6 Å². The van der Waals surface area contributed by atoms with Crippen LogP contribution in [0.2, 0.25) is 0 Å². The second-order valence-corrected chi connectivity index (χ2v) is 9.90. The van der Waals surface area contributed by atoms with E-state index in [1.807, 2.05) is 30.3 Å². The fourth-order valence-electron chi connectivity index (χ4n) is 3.24. The van der Waals surface area contributed by atoms with Crippen molar-refractivity contribution < 1.29 is 13.2 Å². The smallest absolute Gasteiger partial charge is 0.264 e. The Morgan fingerprint density at radius 1 is 1.06 bits per heavy atom. The van der Waals surface area contributed by atoms with Crippen molar-refractivity contribution in [3.63, 3.8) is 0 Å². The molecule has 168 valence electrons. The largest absolute Gasteiger partial charge is 0.457 e. The molecular weight excluding hydrogens is 504 g/mol. The number of aryl methyl sites for hydroxylation is 1. The molecule has 33 heavy (non-hydrogen) atoms. The fourth-order valence-corrected chi connectivity index (χ4v) is 5.34. The first-order chi connectivity index (χ1) is 15.9. The second kappa shape index (κ2) is 9.60. The molecule has 0 radical (unpaired) electrons. The molecule has 0 saturated carbocycles. The fraction of sp³-hybridized carbons (Fsp3) is 0.0833. The highest BCUT2D eigenvalue weighted by Crippen LogP contribution is 2.31. The number of para-hydroxylation sites is 1. The zero-order chi connectivity index (χ0) is 23.4. The Kier molecular flexibility index (Phi) is 6.62. The van der Waals surface area contributed by atoms with Gasteiger partial charge in [-0.05, 0) is 67.1 Å². The van der Waals surface area contributed by atoms with E-state index in [0.717, 1.165) is 4.47 Å². The van der Waals surface area contributed by atoms with E-state index in [1.165, 1.54) is 21.5 Å². The van der Waals surface area contributed by atoms with Crippen LogP contribution in [0.15, 0.2) is 95.1 Å². The molecule has 0 amide bonds. The summed E-state index contributed by atoms with van der Waals surface area (Å²) in [5.74, 6) is 1.63. The van der Waals surface area contributed by atoms with Crippen LogP contribution in [-0.4, -0.2) is 23.2 Å². The van der Waals surface area contributed by atoms with Crippen LogP contribution < -0.4 is 9.04 Å². The summed E-state index contributed by atoms with van der Waals surface area (Å²) in [6, 6.07) is 21.3. The number of hydrogen-bond donors (Lipinski definition) is 0. The Morgan fingerprint density at radius 2 is 1.76 bits per heavy atom. The van der Waals surface area contributed by atoms with E-state index in [1.54, 1.807) is 49.4 Å². The van der Waals surface area contributed by atoms with Crippen molar-refractivity contribution in [3.05, 3.63) is 102 Å². The maximum absolute atomic E-state index is 13.7. The summed E-state index contributed by atoms with van der Waals surface area (Å²) in [6.07, 6.45) is 2.97. The van der Waals surface area contributed by atoms with Gasteiger partial charge in [-0.25, -0.2) is 18.1 Å². The molecular formula is C24H21BrN4O3S. The van der Waals surface area contributed by atoms with E-state index >= 15 is 0 Å². The SMILES string of the molecule is C=Cn1cnc(CN(c2ccc(Oc3ccccc3)cc2)S(=O)(=O)c2ccc(Br)cc2C)n1. The first-order valence-corrected chi connectivity index (χ1v) is 12.2. The van der Waals surface area contributed by atoms with Gasteiger partial charge in [0, 0.05) is 10.7 Å². The number of sulfonamides is 1. The first-order valence-electron chi connectivity index (χ1n) is 10.0. The summed E-state index contributed by atoms with van der Waals surface area (Å²) in [6.45, 7) is 5.37. The lowest BCUT2D eigenvalue weighted by Gasteiger charge is -2.24. The minimum atomic E-state index is -3.91. The summed E-state index contributed by atoms with van der Waals surface area (Å²) in [5.41, 5.74) is 1.09. The number of rotatable bonds is 8. The van der Waals surface area contributed by atoms with Gasteiger partial charge in [-0.3, -0.25) is 4.31 Å². The molecule has 0 aliphatic carbocycles. The van der Waals surface area contributed by atoms with Crippen LogP contribution in [0.1, 0.15) is 11.4 Å². The number of benzene rings is 3. The van der Waals surface area contributed by atoms with Gasteiger partial charge in [-0.2, -0.15) is 0 Å². The Morgan fingerprint density at radius 3 is 2.39 bits per heavy atom. The number of aromatic nitrogens is 3. The quantitative estimate of drug-likeness (QED) is 0.298. The molecule has 0 aliphatic heterocycles. The maximum Gasteiger partial charge on any atom is 0.264 e. The van der Waals surface area contributed by atoms with Crippen LogP contribution in [0.4, 0.5) is 5.69 Å². The van der Waals surface area contributed by atoms with Crippen LogP contribution in [0, 0.1) is 6.92 Å². The van der Waals surface area contributed by atoms with Gasteiger partial charge in [0.1, 0.15) is 17.8 Å². The van der Waals surface area contributed by atoms with Crippen LogP contribution in [0.25, 0.3) is 6.20 Å². The van der Waals surface area contributed by atoms with Crippen molar-refractivity contribution in [2.75, 3.05) is 4.31 Å². The summed E-state index contributed by atoms with van der Waals surface area (Å²) in [4.78, 5) is 4.42. The molecule has 7 nitrogen and oxygen atoms in total. The zero-order valence-corrected chi connectivity index (χ0v) is 20.2. The number of halogens is 1. The van der Waals surface area contributed by atoms with Crippen LogP contribution in [0.3, 0.4) is 0 Å². The predicted octanol–water partition coefficient (Wildman–Crippen LogP) is 5.64. The van der Waals surface area contributed by atoms with Crippen molar-refractivity contribution in [1.82, 2.24) is 14.8 Å². The molecule has 4 rings (SSSR count). The average molecular weight is 525 g/mol. The maximum atomic E-state index is 13.7. The Balaban J connectivity index is 1.71. The minimum Gasteiger partial charge on any atom is -0.457 e. The number of anilines is 1. The Bertz CT molecular complexity index is 1370. The molecule has 0 bridgehead atoms. The lowest BCUT2D eigenvalue weighted by molar-refractivity contribution is 0.482. The van der Waals surface area contributed by atoms with Crippen LogP contribution >= 0.6 is 15.9 Å². The van der Waals surface area contributed by atoms with Gasteiger partial charge < -0.3 is 4.74 Å². The zero-order valence-electron chi connectivity index (χ0n) is 17.8. The predicted molar refractivity (Wildman–Crippen MR) is 132 cm³/mol. The van der Waals surface area contributed by atoms with Gasteiger partial charge in [-0.15, -0.1) is 5.10 Å². The van der Waals surface area contributed by atoms with Crippen LogP contribution in [0.5, 0.6) is 11.5 Å². The van der Waals surface area contributed by atoms with Gasteiger partial charge >= 0.3 is 0 Å². The Labute approximate surface area is 201 Å². The number of nitrogens with zero attached hydrogens (tertiary/aromatic N) is 4. The monoisotopic (exact) mass is 524 g/mol. The lowest BCUT2D eigenvalue weighted by atomic mass is 10.2. The van der Waals surface area contributed by atoms with Crippen molar-refractivity contribution in [1.29, 1.82) is 0 Å². The van der Waals surface area contributed by atoms with E-state index < -0.39 is 10.0 Å². The first kappa shape index (κ1) is 22.8.